The number of pyridine rings is 3. The molecule has 0 aliphatic heterocycles. The number of hydrogen-bond donors (Lipinski definition) is 1. The van der Waals surface area contributed by atoms with Gasteiger partial charge in [0.2, 0.25) is 0 Å². The van der Waals surface area contributed by atoms with E-state index in [0.29, 0.717) is 35.1 Å². The first-order chi connectivity index (χ1) is 12.1. The lowest BCUT2D eigenvalue weighted by Gasteiger charge is -2.07. The van der Waals surface area contributed by atoms with Gasteiger partial charge >= 0.3 is 5.97 Å². The molecule has 0 aliphatic carbocycles. The summed E-state index contributed by atoms with van der Waals surface area (Å²) in [6, 6.07) is 8.83. The van der Waals surface area contributed by atoms with Crippen LogP contribution in [0.1, 0.15) is 31.1 Å². The van der Waals surface area contributed by atoms with Gasteiger partial charge < -0.3 is 5.11 Å². The van der Waals surface area contributed by atoms with E-state index in [9.17, 15) is 19.5 Å². The molecule has 7 nitrogen and oxygen atoms in total. The van der Waals surface area contributed by atoms with E-state index in [0.717, 1.165) is 0 Å². The molecule has 3 rings (SSSR count). The second kappa shape index (κ2) is 6.79. The number of carboxylic acid groups (broad SMARTS) is 1. The second-order valence-corrected chi connectivity index (χ2v) is 5.12. The van der Waals surface area contributed by atoms with Crippen LogP contribution in [0.3, 0.4) is 0 Å². The van der Waals surface area contributed by atoms with Crippen LogP contribution in [-0.4, -0.2) is 38.6 Å². The Morgan fingerprint density at radius 3 is 1.68 bits per heavy atom. The van der Waals surface area contributed by atoms with Crippen molar-refractivity contribution in [2.75, 3.05) is 0 Å². The first kappa shape index (κ1) is 16.1. The van der Waals surface area contributed by atoms with Gasteiger partial charge in [0.15, 0.2) is 0 Å². The van der Waals surface area contributed by atoms with Crippen LogP contribution < -0.4 is 0 Å². The maximum atomic E-state index is 11.4. The molecule has 0 saturated heterocycles. The first-order valence-corrected chi connectivity index (χ1v) is 7.19. The summed E-state index contributed by atoms with van der Waals surface area (Å²) in [6.07, 6.45) is 4.22. The highest BCUT2D eigenvalue weighted by atomic mass is 16.4. The molecule has 1 N–H and O–H groups in total. The topological polar surface area (TPSA) is 110 Å². The van der Waals surface area contributed by atoms with Gasteiger partial charge in [-0.15, -0.1) is 0 Å². The molecule has 7 heteroatoms. The van der Waals surface area contributed by atoms with Crippen LogP contribution in [0.2, 0.25) is 0 Å². The zero-order valence-electron chi connectivity index (χ0n) is 12.8. The van der Waals surface area contributed by atoms with Crippen molar-refractivity contribution >= 4 is 18.5 Å². The average Bonchev–Trinajstić information content (AvgIpc) is 2.67. The summed E-state index contributed by atoms with van der Waals surface area (Å²) in [7, 11) is 0. The number of carbonyl (C=O) groups is 3. The molecule has 0 bridgehead atoms. The minimum Gasteiger partial charge on any atom is -0.478 e. The van der Waals surface area contributed by atoms with Gasteiger partial charge in [0.1, 0.15) is 12.6 Å². The van der Waals surface area contributed by atoms with Crippen molar-refractivity contribution in [2.24, 2.45) is 0 Å². The van der Waals surface area contributed by atoms with Crippen LogP contribution >= 0.6 is 0 Å². The standard InChI is InChI=1S/C18H11N3O4/c22-9-11-1-3-19-14(5-11)16-7-13(18(24)25)8-17(21-16)15-6-12(10-23)2-4-20-15/h1-10H,(H,24,25). The van der Waals surface area contributed by atoms with Gasteiger partial charge in [-0.1, -0.05) is 0 Å². The summed E-state index contributed by atoms with van der Waals surface area (Å²) in [5.41, 5.74) is 2.09. The number of hydrogen-bond acceptors (Lipinski definition) is 6. The van der Waals surface area contributed by atoms with Crippen LogP contribution in [0.15, 0.2) is 48.8 Å². The van der Waals surface area contributed by atoms with Gasteiger partial charge in [0.25, 0.3) is 0 Å². The molecular weight excluding hydrogens is 322 g/mol. The molecule has 25 heavy (non-hydrogen) atoms. The van der Waals surface area contributed by atoms with Gasteiger partial charge in [0.05, 0.1) is 28.3 Å². The maximum Gasteiger partial charge on any atom is 0.335 e. The Kier molecular flexibility index (Phi) is 4.38. The molecule has 0 saturated carbocycles. The van der Waals surface area contributed by atoms with Crippen molar-refractivity contribution in [2.45, 2.75) is 0 Å². The molecule has 0 fully saturated rings. The summed E-state index contributed by atoms with van der Waals surface area (Å²) >= 11 is 0. The lowest BCUT2D eigenvalue weighted by Crippen LogP contribution is -2.01. The number of carboxylic acids is 1. The van der Waals surface area contributed by atoms with Crippen molar-refractivity contribution in [1.29, 1.82) is 0 Å². The summed E-state index contributed by atoms with van der Waals surface area (Å²) in [5, 5.41) is 9.35. The molecule has 0 aromatic carbocycles. The molecule has 0 amide bonds. The summed E-state index contributed by atoms with van der Waals surface area (Å²) in [4.78, 5) is 46.0. The van der Waals surface area contributed by atoms with Crippen LogP contribution in [0.4, 0.5) is 0 Å². The molecule has 0 unspecified atom stereocenters. The lowest BCUT2D eigenvalue weighted by atomic mass is 10.1. The van der Waals surface area contributed by atoms with Gasteiger partial charge in [-0.05, 0) is 36.4 Å². The van der Waals surface area contributed by atoms with Crippen LogP contribution in [0.25, 0.3) is 22.8 Å². The molecule has 3 heterocycles. The Labute approximate surface area is 142 Å². The fourth-order valence-corrected chi connectivity index (χ4v) is 2.24. The van der Waals surface area contributed by atoms with E-state index < -0.39 is 5.97 Å². The van der Waals surface area contributed by atoms with Gasteiger partial charge in [-0.2, -0.15) is 0 Å². The first-order valence-electron chi connectivity index (χ1n) is 7.19. The third-order valence-electron chi connectivity index (χ3n) is 3.44. The van der Waals surface area contributed by atoms with E-state index in [4.69, 9.17) is 0 Å². The normalized spacial score (nSPS) is 10.2. The molecule has 0 radical (unpaired) electrons. The van der Waals surface area contributed by atoms with Gasteiger partial charge in [-0.25, -0.2) is 9.78 Å². The largest absolute Gasteiger partial charge is 0.478 e. The molecule has 0 spiro atoms. The summed E-state index contributed by atoms with van der Waals surface area (Å²) in [5.74, 6) is -1.14. The highest BCUT2D eigenvalue weighted by Gasteiger charge is 2.13. The minimum absolute atomic E-state index is 0.00314. The highest BCUT2D eigenvalue weighted by Crippen LogP contribution is 2.23. The summed E-state index contributed by atoms with van der Waals surface area (Å²) in [6.45, 7) is 0. The summed E-state index contributed by atoms with van der Waals surface area (Å²) < 4.78 is 0. The Morgan fingerprint density at radius 1 is 0.800 bits per heavy atom. The van der Waals surface area contributed by atoms with E-state index in [1.54, 1.807) is 0 Å². The van der Waals surface area contributed by atoms with E-state index in [-0.39, 0.29) is 17.0 Å². The molecule has 0 atom stereocenters. The van der Waals surface area contributed by atoms with E-state index in [1.807, 2.05) is 0 Å². The highest BCUT2D eigenvalue weighted by molar-refractivity contribution is 5.90. The Bertz CT molecular complexity index is 916. The zero-order valence-corrected chi connectivity index (χ0v) is 12.8. The Hall–Kier alpha value is -3.74. The number of aromatic nitrogens is 3. The molecule has 122 valence electrons. The zero-order chi connectivity index (χ0) is 17.8. The smallest absolute Gasteiger partial charge is 0.335 e. The Balaban J connectivity index is 2.19. The van der Waals surface area contributed by atoms with Crippen molar-refractivity contribution in [3.63, 3.8) is 0 Å². The van der Waals surface area contributed by atoms with Gasteiger partial charge in [-0.3, -0.25) is 19.6 Å². The fourth-order valence-electron chi connectivity index (χ4n) is 2.24. The third-order valence-corrected chi connectivity index (χ3v) is 3.44. The van der Waals surface area contributed by atoms with Crippen LogP contribution in [-0.2, 0) is 0 Å². The van der Waals surface area contributed by atoms with Crippen LogP contribution in [0.5, 0.6) is 0 Å². The SMILES string of the molecule is O=Cc1ccnc(-c2cc(C(=O)O)cc(-c3cc(C=O)ccn3)n2)c1. The van der Waals surface area contributed by atoms with Crippen LogP contribution in [0, 0.1) is 0 Å². The number of aldehydes is 2. The number of nitrogens with zero attached hydrogens (tertiary/aromatic N) is 3. The van der Waals surface area contributed by atoms with E-state index >= 15 is 0 Å². The van der Waals surface area contributed by atoms with Crippen molar-refractivity contribution in [3.05, 3.63) is 65.5 Å². The lowest BCUT2D eigenvalue weighted by molar-refractivity contribution is 0.0696. The quantitative estimate of drug-likeness (QED) is 0.714. The minimum atomic E-state index is -1.14. The number of carbonyl (C=O) groups excluding carboxylic acids is 2. The van der Waals surface area contributed by atoms with E-state index in [1.165, 1.54) is 48.8 Å². The molecule has 3 aromatic rings. The predicted molar refractivity (Wildman–Crippen MR) is 88.4 cm³/mol. The van der Waals surface area contributed by atoms with Crippen molar-refractivity contribution in [3.8, 4) is 22.8 Å². The Morgan fingerprint density at radius 2 is 1.28 bits per heavy atom. The molecular formula is C18H11N3O4. The number of rotatable bonds is 5. The van der Waals surface area contributed by atoms with Crippen molar-refractivity contribution < 1.29 is 19.5 Å². The van der Waals surface area contributed by atoms with Crippen molar-refractivity contribution in [1.82, 2.24) is 15.0 Å². The fraction of sp³-hybridized carbons (Fsp3) is 0. The number of aromatic carboxylic acids is 1. The predicted octanol–water partition coefficient (Wildman–Crippen LogP) is 2.53. The average molecular weight is 333 g/mol. The molecule has 0 aliphatic rings. The maximum absolute atomic E-state index is 11.4. The van der Waals surface area contributed by atoms with Gasteiger partial charge in [0, 0.05) is 23.5 Å². The van der Waals surface area contributed by atoms with E-state index in [2.05, 4.69) is 15.0 Å². The molecule has 3 aromatic heterocycles. The monoisotopic (exact) mass is 333 g/mol. The third kappa shape index (κ3) is 3.45. The second-order valence-electron chi connectivity index (χ2n) is 5.12.